The first-order chi connectivity index (χ1) is 20.3. The lowest BCUT2D eigenvalue weighted by molar-refractivity contribution is -0.225. The van der Waals surface area contributed by atoms with Gasteiger partial charge in [0.1, 0.15) is 6.04 Å². The second-order valence-corrected chi connectivity index (χ2v) is 10.1. The molecule has 0 aromatic heterocycles. The third-order valence-corrected chi connectivity index (χ3v) is 6.43. The number of unbranched alkanes of at least 4 members (excludes halogenated alkanes) is 3. The van der Waals surface area contributed by atoms with Crippen LogP contribution in [0.5, 0.6) is 0 Å². The Labute approximate surface area is 251 Å². The molecule has 0 aromatic rings. The van der Waals surface area contributed by atoms with Gasteiger partial charge in [-0.2, -0.15) is 0 Å². The highest BCUT2D eigenvalue weighted by Gasteiger charge is 2.20. The number of carbonyl (C=O) groups excluding carboxylic acids is 3. The van der Waals surface area contributed by atoms with Crippen molar-refractivity contribution in [3.05, 3.63) is 0 Å². The van der Waals surface area contributed by atoms with E-state index in [1.807, 2.05) is 13.8 Å². The second-order valence-electron chi connectivity index (χ2n) is 8.73. The van der Waals surface area contributed by atoms with Crippen molar-refractivity contribution in [1.82, 2.24) is 16.0 Å². The molecular formula is C27H55N3O11P-. The maximum atomic E-state index is 12.8. The Morgan fingerprint density at radius 2 is 1.29 bits per heavy atom. The summed E-state index contributed by atoms with van der Waals surface area (Å²) in [5, 5.41) is 8.40. The van der Waals surface area contributed by atoms with Crippen molar-refractivity contribution in [1.29, 1.82) is 0 Å². The van der Waals surface area contributed by atoms with E-state index in [1.54, 1.807) is 21.1 Å². The largest absolute Gasteiger partial charge is 0.756 e. The monoisotopic (exact) mass is 628 g/mol. The predicted molar refractivity (Wildman–Crippen MR) is 157 cm³/mol. The lowest BCUT2D eigenvalue weighted by Crippen LogP contribution is -2.47. The van der Waals surface area contributed by atoms with Gasteiger partial charge < -0.3 is 48.8 Å². The zero-order valence-corrected chi connectivity index (χ0v) is 27.1. The number of rotatable bonds is 28. The van der Waals surface area contributed by atoms with Crippen molar-refractivity contribution in [3.63, 3.8) is 0 Å². The van der Waals surface area contributed by atoms with Crippen LogP contribution in [0.4, 0.5) is 0 Å². The Balaban J connectivity index is 0. The van der Waals surface area contributed by atoms with Gasteiger partial charge in [-0.25, -0.2) is 0 Å². The fraction of sp³-hybridized carbons (Fsp3) is 0.889. The molecule has 2 unspecified atom stereocenters. The first-order valence-electron chi connectivity index (χ1n) is 14.8. The van der Waals surface area contributed by atoms with Gasteiger partial charge in [-0.15, -0.1) is 0 Å². The molecule has 2 atom stereocenters. The third kappa shape index (κ3) is 28.5. The van der Waals surface area contributed by atoms with E-state index in [1.165, 1.54) is 0 Å². The number of nitrogens with one attached hydrogen (secondary N) is 3. The van der Waals surface area contributed by atoms with Gasteiger partial charge in [0.2, 0.25) is 17.7 Å². The van der Waals surface area contributed by atoms with Crippen LogP contribution in [-0.2, 0) is 46.9 Å². The molecule has 0 fully saturated rings. The Hall–Kier alpha value is -1.64. The fourth-order valence-corrected chi connectivity index (χ4v) is 4.00. The van der Waals surface area contributed by atoms with Crippen molar-refractivity contribution >= 4 is 25.5 Å². The first-order valence-corrected chi connectivity index (χ1v) is 16.3. The van der Waals surface area contributed by atoms with Crippen molar-refractivity contribution < 1.29 is 51.8 Å². The molecular weight excluding hydrogens is 573 g/mol. The van der Waals surface area contributed by atoms with Gasteiger partial charge in [-0.3, -0.25) is 18.9 Å². The quantitative estimate of drug-likeness (QED) is 0.0847. The maximum absolute atomic E-state index is 12.8. The van der Waals surface area contributed by atoms with E-state index >= 15 is 0 Å². The predicted octanol–water partition coefficient (Wildman–Crippen LogP) is 1.70. The average molecular weight is 629 g/mol. The van der Waals surface area contributed by atoms with Gasteiger partial charge >= 0.3 is 0 Å². The summed E-state index contributed by atoms with van der Waals surface area (Å²) in [5.74, 6) is -0.717. The zero-order chi connectivity index (χ0) is 31.9. The minimum absolute atomic E-state index is 0.0111. The number of hydrogen-bond acceptors (Lipinski definition) is 11. The minimum atomic E-state index is -4.24. The van der Waals surface area contributed by atoms with Crippen LogP contribution in [0.15, 0.2) is 0 Å². The third-order valence-electron chi connectivity index (χ3n) is 5.36. The van der Waals surface area contributed by atoms with Crippen molar-refractivity contribution in [3.8, 4) is 0 Å². The summed E-state index contributed by atoms with van der Waals surface area (Å²) >= 11 is 0. The molecule has 0 aliphatic rings. The number of methoxy groups -OCH3 is 2. The van der Waals surface area contributed by atoms with Crippen molar-refractivity contribution in [2.24, 2.45) is 0 Å². The van der Waals surface area contributed by atoms with Crippen LogP contribution in [0, 0.1) is 0 Å². The Morgan fingerprint density at radius 3 is 1.88 bits per heavy atom. The van der Waals surface area contributed by atoms with Crippen LogP contribution in [0.2, 0.25) is 0 Å². The smallest absolute Gasteiger partial charge is 0.267 e. The topological polar surface area (TPSA) is 183 Å². The van der Waals surface area contributed by atoms with Crippen LogP contribution in [0.25, 0.3) is 0 Å². The summed E-state index contributed by atoms with van der Waals surface area (Å²) in [6, 6.07) is -0.725. The first kappa shape index (κ1) is 42.5. The number of carbonyl (C=O) groups is 3. The number of phosphoric acid groups is 1. The zero-order valence-electron chi connectivity index (χ0n) is 26.2. The maximum Gasteiger partial charge on any atom is 0.267 e. The molecule has 3 N–H and O–H groups in total. The number of amides is 3. The Bertz CT molecular complexity index is 717. The summed E-state index contributed by atoms with van der Waals surface area (Å²) < 4.78 is 41.0. The van der Waals surface area contributed by atoms with E-state index in [-0.39, 0.29) is 50.4 Å². The standard InChI is InChI=1S/C25H50N3O11P.C2H6/c1-4-38-40(32,33)39-15-9-5-7-14-27-25(31)22(28-24(30)12-17-37-21-19-35-3)10-6-8-13-26-23(29)11-16-36-20-18-34-2;1-2/h22H,4-21H2,1-3H3,(H,26,29)(H,27,31)(H,28,30)(H,32,33);1-2H3/p-1. The molecule has 250 valence electrons. The van der Waals surface area contributed by atoms with E-state index in [0.717, 1.165) is 0 Å². The van der Waals surface area contributed by atoms with Crippen molar-refractivity contribution in [2.45, 2.75) is 78.2 Å². The van der Waals surface area contributed by atoms with Gasteiger partial charge in [0.25, 0.3) is 7.82 Å². The molecule has 14 nitrogen and oxygen atoms in total. The van der Waals surface area contributed by atoms with Gasteiger partial charge in [-0.05, 0) is 45.4 Å². The van der Waals surface area contributed by atoms with Crippen molar-refractivity contribution in [2.75, 3.05) is 80.2 Å². The van der Waals surface area contributed by atoms with Crippen LogP contribution in [0.1, 0.15) is 72.1 Å². The number of phosphoric ester groups is 1. The van der Waals surface area contributed by atoms with E-state index in [4.69, 9.17) is 23.5 Å². The minimum Gasteiger partial charge on any atom is -0.756 e. The highest BCUT2D eigenvalue weighted by Crippen LogP contribution is 2.37. The fourth-order valence-electron chi connectivity index (χ4n) is 3.25. The molecule has 0 saturated heterocycles. The van der Waals surface area contributed by atoms with E-state index in [2.05, 4.69) is 20.5 Å². The molecule has 3 amide bonds. The van der Waals surface area contributed by atoms with E-state index in [0.29, 0.717) is 84.6 Å². The van der Waals surface area contributed by atoms with E-state index < -0.39 is 13.9 Å². The molecule has 0 bridgehead atoms. The van der Waals surface area contributed by atoms with E-state index in [9.17, 15) is 23.8 Å². The molecule has 0 aromatic carbocycles. The van der Waals surface area contributed by atoms with Gasteiger partial charge in [0.05, 0.1) is 52.9 Å². The van der Waals surface area contributed by atoms with Crippen LogP contribution in [-0.4, -0.2) is 104 Å². The molecule has 0 radical (unpaired) electrons. The molecule has 42 heavy (non-hydrogen) atoms. The molecule has 0 saturated carbocycles. The van der Waals surface area contributed by atoms with Gasteiger partial charge in [0.15, 0.2) is 0 Å². The average Bonchev–Trinajstić information content (AvgIpc) is 2.96. The highest BCUT2D eigenvalue weighted by atomic mass is 31.2. The molecule has 0 aliphatic heterocycles. The van der Waals surface area contributed by atoms with Gasteiger partial charge in [0, 0.05) is 40.2 Å². The van der Waals surface area contributed by atoms with Crippen LogP contribution in [0.3, 0.4) is 0 Å². The lowest BCUT2D eigenvalue weighted by Gasteiger charge is -2.21. The highest BCUT2D eigenvalue weighted by molar-refractivity contribution is 7.45. The van der Waals surface area contributed by atoms with Gasteiger partial charge in [-0.1, -0.05) is 13.8 Å². The van der Waals surface area contributed by atoms with Crippen LogP contribution < -0.4 is 20.8 Å². The summed E-state index contributed by atoms with van der Waals surface area (Å²) in [7, 11) is -1.10. The Kier molecular flexibility index (Phi) is 31.2. The summed E-state index contributed by atoms with van der Waals surface area (Å²) in [6.45, 7) is 8.66. The lowest BCUT2D eigenvalue weighted by atomic mass is 10.1. The molecule has 0 heterocycles. The Morgan fingerprint density at radius 1 is 0.714 bits per heavy atom. The van der Waals surface area contributed by atoms with Crippen LogP contribution >= 0.6 is 7.82 Å². The normalized spacial score (nSPS) is 12.9. The SMILES string of the molecule is CC.CCOP(=O)([O-])OCCCCCNC(=O)C(CCCCNC(=O)CCOCCOC)NC(=O)CCOCCOC. The molecule has 0 aliphatic carbocycles. The number of hydrogen-bond donors (Lipinski definition) is 3. The summed E-state index contributed by atoms with van der Waals surface area (Å²) in [4.78, 5) is 48.4. The summed E-state index contributed by atoms with van der Waals surface area (Å²) in [5.41, 5.74) is 0. The molecule has 15 heteroatoms. The number of ether oxygens (including phenoxy) is 4. The summed E-state index contributed by atoms with van der Waals surface area (Å²) in [6.07, 6.45) is 3.77. The molecule has 0 rings (SSSR count). The second kappa shape index (κ2) is 30.8. The molecule has 0 spiro atoms.